The van der Waals surface area contributed by atoms with E-state index in [9.17, 15) is 0 Å². The van der Waals surface area contributed by atoms with Crippen LogP contribution in [0.3, 0.4) is 0 Å². The Bertz CT molecular complexity index is 3420. The third-order valence-electron chi connectivity index (χ3n) is 11.8. The zero-order valence-electron chi connectivity index (χ0n) is 36.3. The number of nitrogens with zero attached hydrogens (tertiary/aromatic N) is 4. The van der Waals surface area contributed by atoms with Crippen molar-refractivity contribution in [2.24, 2.45) is 5.41 Å². The van der Waals surface area contributed by atoms with Crippen LogP contribution in [0.25, 0.3) is 83.4 Å². The molecular weight excluding hydrogens is 976 g/mol. The van der Waals surface area contributed by atoms with Gasteiger partial charge in [0.25, 0.3) is 6.33 Å². The minimum absolute atomic E-state index is 0. The molecule has 0 aliphatic heterocycles. The first-order valence-electron chi connectivity index (χ1n) is 21.8. The summed E-state index contributed by atoms with van der Waals surface area (Å²) in [6.07, 6.45) is 6.69. The van der Waals surface area contributed by atoms with Crippen LogP contribution in [0, 0.1) is 23.9 Å². The summed E-state index contributed by atoms with van der Waals surface area (Å²) in [5.74, 6) is 2.00. The van der Waals surface area contributed by atoms with Crippen molar-refractivity contribution in [2.45, 2.75) is 27.2 Å². The number of benzene rings is 8. The van der Waals surface area contributed by atoms with Gasteiger partial charge in [0.15, 0.2) is 0 Å². The first-order chi connectivity index (χ1) is 31.4. The van der Waals surface area contributed by atoms with Gasteiger partial charge in [-0.1, -0.05) is 178 Å². The predicted molar refractivity (Wildman–Crippen MR) is 259 cm³/mol. The van der Waals surface area contributed by atoms with Crippen molar-refractivity contribution in [3.8, 4) is 62.1 Å². The number of pyridine rings is 1. The van der Waals surface area contributed by atoms with E-state index in [0.29, 0.717) is 11.5 Å². The Labute approximate surface area is 394 Å². The van der Waals surface area contributed by atoms with Crippen molar-refractivity contribution < 1.29 is 30.4 Å². The molecule has 6 heteroatoms. The number of rotatable bonds is 9. The van der Waals surface area contributed by atoms with E-state index in [1.807, 2.05) is 30.5 Å². The second kappa shape index (κ2) is 17.3. The molecule has 0 aliphatic rings. The molecule has 318 valence electrons. The minimum Gasteiger partial charge on any atom is -0.510 e. The van der Waals surface area contributed by atoms with E-state index in [1.54, 1.807) is 0 Å². The fourth-order valence-electron chi connectivity index (χ4n) is 9.01. The molecule has 0 N–H and O–H groups in total. The summed E-state index contributed by atoms with van der Waals surface area (Å²) in [7, 11) is 0. The Morgan fingerprint density at radius 3 is 1.82 bits per heavy atom. The molecule has 0 amide bonds. The maximum absolute atomic E-state index is 6.68. The SMILES string of the molecule is CC(C)(C)Cc1cc(-n2c3[c-]c(Oc4[c-]c(-n5[c-][n+](-c6c(-c7ccccc7)cccc6-c6ccccc6)c6ccccc65)ccc4)ccc3c3ccccc32)ncc1-c1ccccc1.[Pt]. The van der Waals surface area contributed by atoms with E-state index in [2.05, 4.69) is 223 Å². The van der Waals surface area contributed by atoms with Crippen LogP contribution in [0.5, 0.6) is 11.5 Å². The first-order valence-corrected chi connectivity index (χ1v) is 21.8. The van der Waals surface area contributed by atoms with Crippen molar-refractivity contribution in [1.29, 1.82) is 0 Å². The molecule has 11 aromatic rings. The molecule has 65 heavy (non-hydrogen) atoms. The van der Waals surface area contributed by atoms with Crippen LogP contribution in [0.15, 0.2) is 200 Å². The fraction of sp³-hybridized carbons (Fsp3) is 0.0847. The van der Waals surface area contributed by atoms with Crippen molar-refractivity contribution >= 4 is 32.8 Å². The van der Waals surface area contributed by atoms with Crippen LogP contribution >= 0.6 is 0 Å². The van der Waals surface area contributed by atoms with Gasteiger partial charge < -0.3 is 13.9 Å². The van der Waals surface area contributed by atoms with Gasteiger partial charge in [-0.2, -0.15) is 18.2 Å². The molecule has 0 radical (unpaired) electrons. The molecule has 8 aromatic carbocycles. The summed E-state index contributed by atoms with van der Waals surface area (Å²) < 4.78 is 13.2. The molecule has 11 rings (SSSR count). The van der Waals surface area contributed by atoms with Crippen LogP contribution < -0.4 is 9.30 Å². The van der Waals surface area contributed by atoms with E-state index in [-0.39, 0.29) is 26.5 Å². The second-order valence-electron chi connectivity index (χ2n) is 17.4. The largest absolute Gasteiger partial charge is 0.510 e. The molecule has 0 bridgehead atoms. The number of para-hydroxylation sites is 4. The normalized spacial score (nSPS) is 11.6. The number of hydrogen-bond acceptors (Lipinski definition) is 2. The van der Waals surface area contributed by atoms with Crippen LogP contribution in [0.4, 0.5) is 0 Å². The monoisotopic (exact) mass is 1020 g/mol. The van der Waals surface area contributed by atoms with Crippen LogP contribution in [-0.2, 0) is 27.5 Å². The van der Waals surface area contributed by atoms with Gasteiger partial charge >= 0.3 is 0 Å². The molecule has 5 nitrogen and oxygen atoms in total. The summed E-state index contributed by atoms with van der Waals surface area (Å²) >= 11 is 0. The molecule has 3 aromatic heterocycles. The van der Waals surface area contributed by atoms with Gasteiger partial charge in [-0.3, -0.25) is 4.57 Å². The summed E-state index contributed by atoms with van der Waals surface area (Å²) in [6.45, 7) is 6.85. The molecule has 3 heterocycles. The zero-order chi connectivity index (χ0) is 43.2. The number of hydrogen-bond donors (Lipinski definition) is 0. The average Bonchev–Trinajstić information content (AvgIpc) is 3.88. The van der Waals surface area contributed by atoms with Crippen molar-refractivity contribution in [1.82, 2.24) is 14.1 Å². The van der Waals surface area contributed by atoms with Crippen molar-refractivity contribution in [3.63, 3.8) is 0 Å². The molecule has 0 unspecified atom stereocenters. The maximum Gasteiger partial charge on any atom is 0.268 e. The Morgan fingerprint density at radius 1 is 0.554 bits per heavy atom. The summed E-state index contributed by atoms with van der Waals surface area (Å²) in [5, 5.41) is 2.21. The van der Waals surface area contributed by atoms with Gasteiger partial charge in [0.2, 0.25) is 0 Å². The molecule has 0 atom stereocenters. The Morgan fingerprint density at radius 2 is 1.14 bits per heavy atom. The Balaban J connectivity index is 0.00000498. The average molecular weight is 1020 g/mol. The minimum atomic E-state index is 0. The molecular formula is C59H44N4OPt-2. The zero-order valence-corrected chi connectivity index (χ0v) is 38.5. The number of aromatic nitrogens is 4. The first kappa shape index (κ1) is 41.7. The van der Waals surface area contributed by atoms with E-state index < -0.39 is 0 Å². The maximum atomic E-state index is 6.68. The molecule has 0 spiro atoms. The standard InChI is InChI=1S/C59H44N4O.Pt/c1-59(2,3)38-44-35-57(60-39-52(44)43-23-11-6-12-24-43)63-53-30-14-13-27-50(53)51-34-33-47(37-56(51)63)64-46-26-17-25-45(36-46)61-40-62(55-32-16-15-31-54(55)61)58-48(41-19-7-4-8-20-41)28-18-29-49(58)42-21-9-5-10-22-42;/h4-35,39H,38H2,1-3H3;/q-2;. The van der Waals surface area contributed by atoms with Crippen molar-refractivity contribution in [2.75, 3.05) is 0 Å². The van der Waals surface area contributed by atoms with E-state index in [0.717, 1.165) is 89.8 Å². The summed E-state index contributed by atoms with van der Waals surface area (Å²) in [4.78, 5) is 5.13. The molecule has 0 saturated carbocycles. The second-order valence-corrected chi connectivity index (χ2v) is 17.4. The van der Waals surface area contributed by atoms with E-state index in [1.165, 1.54) is 5.56 Å². The van der Waals surface area contributed by atoms with Gasteiger partial charge in [-0.25, -0.2) is 4.98 Å². The quantitative estimate of drug-likeness (QED) is 0.107. The smallest absolute Gasteiger partial charge is 0.268 e. The molecule has 0 aliphatic carbocycles. The Hall–Kier alpha value is -7.33. The molecule has 0 fully saturated rings. The van der Waals surface area contributed by atoms with Gasteiger partial charge in [0, 0.05) is 49.8 Å². The number of fused-ring (bicyclic) bond motifs is 4. The van der Waals surface area contributed by atoms with Gasteiger partial charge in [-0.05, 0) is 68.4 Å². The third-order valence-corrected chi connectivity index (χ3v) is 11.8. The van der Waals surface area contributed by atoms with Gasteiger partial charge in [0.05, 0.1) is 16.7 Å². The number of imidazole rings is 1. The van der Waals surface area contributed by atoms with E-state index >= 15 is 0 Å². The third kappa shape index (κ3) is 7.98. The summed E-state index contributed by atoms with van der Waals surface area (Å²) in [5.41, 5.74) is 14.0. The topological polar surface area (TPSA) is 35.9 Å². The predicted octanol–water partition coefficient (Wildman–Crippen LogP) is 14.2. The van der Waals surface area contributed by atoms with Gasteiger partial charge in [0.1, 0.15) is 5.82 Å². The summed E-state index contributed by atoms with van der Waals surface area (Å²) in [6, 6.07) is 74.7. The van der Waals surface area contributed by atoms with Crippen molar-refractivity contribution in [3.05, 3.63) is 224 Å². The van der Waals surface area contributed by atoms with Crippen LogP contribution in [0.1, 0.15) is 26.3 Å². The fourth-order valence-corrected chi connectivity index (χ4v) is 9.01. The number of ether oxygens (including phenoxy) is 1. The van der Waals surface area contributed by atoms with Crippen LogP contribution in [-0.4, -0.2) is 14.1 Å². The Kier molecular flexibility index (Phi) is 11.1. The van der Waals surface area contributed by atoms with E-state index in [4.69, 9.17) is 9.72 Å². The van der Waals surface area contributed by atoms with Gasteiger partial charge in [-0.15, -0.1) is 29.7 Å². The van der Waals surface area contributed by atoms with Crippen LogP contribution in [0.2, 0.25) is 0 Å². The molecule has 0 saturated heterocycles.